The molecular formula is C19H29N5O2. The third kappa shape index (κ3) is 2.09. The number of rotatable bonds is 3. The van der Waals surface area contributed by atoms with Crippen LogP contribution in [0.25, 0.3) is 0 Å². The number of aliphatic hydroxyl groups is 1. The average molecular weight is 359 g/mol. The third-order valence-corrected chi connectivity index (χ3v) is 7.18. The van der Waals surface area contributed by atoms with E-state index >= 15 is 0 Å². The van der Waals surface area contributed by atoms with Gasteiger partial charge < -0.3 is 15.7 Å². The van der Waals surface area contributed by atoms with E-state index in [-0.39, 0.29) is 23.7 Å². The Morgan fingerprint density at radius 2 is 1.92 bits per heavy atom. The number of hydrogen-bond acceptors (Lipinski definition) is 5. The number of amides is 2. The summed E-state index contributed by atoms with van der Waals surface area (Å²) in [6.07, 6.45) is 6.25. The molecule has 6 aliphatic rings. The number of fused-ring (bicyclic) bond motifs is 5. The summed E-state index contributed by atoms with van der Waals surface area (Å²) in [5.41, 5.74) is 0.642. The lowest BCUT2D eigenvalue weighted by Gasteiger charge is -2.50. The van der Waals surface area contributed by atoms with Crippen molar-refractivity contribution in [2.45, 2.75) is 76.6 Å². The minimum absolute atomic E-state index is 0.0470. The van der Waals surface area contributed by atoms with E-state index in [0.717, 1.165) is 68.8 Å². The molecule has 6 rings (SSSR count). The Bertz CT molecular complexity index is 690. The first-order valence-corrected chi connectivity index (χ1v) is 10.1. The van der Waals surface area contributed by atoms with Gasteiger partial charge in [-0.3, -0.25) is 9.80 Å². The second-order valence-electron chi connectivity index (χ2n) is 8.82. The molecule has 0 aromatic rings. The van der Waals surface area contributed by atoms with Crippen LogP contribution in [0.4, 0.5) is 4.79 Å². The summed E-state index contributed by atoms with van der Waals surface area (Å²) in [4.78, 5) is 22.0. The molecule has 7 heteroatoms. The lowest BCUT2D eigenvalue weighted by atomic mass is 9.58. The summed E-state index contributed by atoms with van der Waals surface area (Å²) in [7, 11) is 0. The molecule has 4 fully saturated rings. The molecule has 3 aliphatic carbocycles. The van der Waals surface area contributed by atoms with E-state index in [1.165, 1.54) is 0 Å². The zero-order valence-electron chi connectivity index (χ0n) is 15.7. The van der Waals surface area contributed by atoms with Crippen molar-refractivity contribution in [1.29, 1.82) is 0 Å². The maximum absolute atomic E-state index is 13.1. The van der Waals surface area contributed by atoms with E-state index in [9.17, 15) is 9.90 Å². The van der Waals surface area contributed by atoms with Crippen molar-refractivity contribution in [3.05, 3.63) is 11.5 Å². The van der Waals surface area contributed by atoms with Gasteiger partial charge in [0.2, 0.25) is 0 Å². The standard InChI is InChI=1S/C19H29N5O2/c1-3-10-23-15-13(14-20-11-12(2)24(14)17(23)25)21-16(22-15)18-4-7-19(26,8-5-18)9-6-18/h12,15,20,26H,3-11H2,1-2H3,(H,21,22)/t12-,15?,18?,19?/m1/s1. The molecule has 2 bridgehead atoms. The molecule has 3 saturated carbocycles. The molecule has 1 saturated heterocycles. The zero-order valence-corrected chi connectivity index (χ0v) is 15.7. The predicted octanol–water partition coefficient (Wildman–Crippen LogP) is 1.71. The molecule has 1 unspecified atom stereocenters. The minimum Gasteiger partial charge on any atom is -0.390 e. The van der Waals surface area contributed by atoms with Crippen molar-refractivity contribution in [3.8, 4) is 0 Å². The zero-order chi connectivity index (χ0) is 18.1. The smallest absolute Gasteiger partial charge is 0.327 e. The Balaban J connectivity index is 1.52. The Labute approximate surface area is 154 Å². The number of urea groups is 1. The fourth-order valence-corrected chi connectivity index (χ4v) is 5.46. The van der Waals surface area contributed by atoms with Crippen molar-refractivity contribution in [1.82, 2.24) is 20.4 Å². The van der Waals surface area contributed by atoms with E-state index in [0.29, 0.717) is 6.54 Å². The highest BCUT2D eigenvalue weighted by molar-refractivity contribution is 5.94. The average Bonchev–Trinajstić information content (AvgIpc) is 3.24. The molecule has 0 aromatic heterocycles. The normalized spacial score (nSPS) is 41.0. The van der Waals surface area contributed by atoms with Crippen LogP contribution in [0.1, 0.15) is 58.8 Å². The first-order valence-electron chi connectivity index (χ1n) is 10.1. The first kappa shape index (κ1) is 16.4. The fraction of sp³-hybridized carbons (Fsp3) is 0.789. The van der Waals surface area contributed by atoms with E-state index in [1.54, 1.807) is 0 Å². The van der Waals surface area contributed by atoms with E-state index < -0.39 is 5.60 Å². The summed E-state index contributed by atoms with van der Waals surface area (Å²) in [5, 5.41) is 17.6. The highest BCUT2D eigenvalue weighted by Gasteiger charge is 2.54. The highest BCUT2D eigenvalue weighted by Crippen LogP contribution is 2.53. The van der Waals surface area contributed by atoms with Crippen molar-refractivity contribution < 1.29 is 9.90 Å². The Kier molecular flexibility index (Phi) is 3.39. The second kappa shape index (κ2) is 5.38. The maximum Gasteiger partial charge on any atom is 0.327 e. The van der Waals surface area contributed by atoms with Crippen LogP contribution in [0.15, 0.2) is 16.5 Å². The van der Waals surface area contributed by atoms with Crippen LogP contribution in [0, 0.1) is 5.41 Å². The number of carbonyl (C=O) groups excluding carboxylic acids is 1. The van der Waals surface area contributed by atoms with Gasteiger partial charge in [-0.1, -0.05) is 6.92 Å². The van der Waals surface area contributed by atoms with Crippen molar-refractivity contribution in [2.24, 2.45) is 10.4 Å². The summed E-state index contributed by atoms with van der Waals surface area (Å²) >= 11 is 0. The predicted molar refractivity (Wildman–Crippen MR) is 98.2 cm³/mol. The second-order valence-corrected chi connectivity index (χ2v) is 8.82. The molecule has 7 nitrogen and oxygen atoms in total. The van der Waals surface area contributed by atoms with Crippen LogP contribution in [-0.4, -0.2) is 57.7 Å². The quantitative estimate of drug-likeness (QED) is 0.717. The lowest BCUT2D eigenvalue weighted by Crippen LogP contribution is -2.55. The SMILES string of the molecule is CCCN1C(=O)N2C(=C3NC(C45CCC(O)(CC4)CC5)=NC31)NC[C@H]2C. The number of nitrogens with one attached hydrogen (secondary N) is 2. The van der Waals surface area contributed by atoms with Gasteiger partial charge in [-0.15, -0.1) is 0 Å². The van der Waals surface area contributed by atoms with Gasteiger partial charge in [-0.2, -0.15) is 0 Å². The van der Waals surface area contributed by atoms with E-state index in [2.05, 4.69) is 24.5 Å². The van der Waals surface area contributed by atoms with Crippen molar-refractivity contribution >= 4 is 11.9 Å². The Morgan fingerprint density at radius 3 is 2.58 bits per heavy atom. The van der Waals surface area contributed by atoms with Crippen LogP contribution >= 0.6 is 0 Å². The van der Waals surface area contributed by atoms with Crippen molar-refractivity contribution in [3.63, 3.8) is 0 Å². The van der Waals surface area contributed by atoms with Gasteiger partial charge in [-0.25, -0.2) is 9.79 Å². The molecule has 0 aromatic carbocycles. The summed E-state index contributed by atoms with van der Waals surface area (Å²) in [6.45, 7) is 5.69. The summed E-state index contributed by atoms with van der Waals surface area (Å²) < 4.78 is 0. The molecule has 0 spiro atoms. The van der Waals surface area contributed by atoms with Crippen LogP contribution in [-0.2, 0) is 0 Å². The molecule has 0 radical (unpaired) electrons. The number of amidine groups is 1. The Morgan fingerprint density at radius 1 is 1.23 bits per heavy atom. The molecule has 3 heterocycles. The van der Waals surface area contributed by atoms with Gasteiger partial charge in [0.05, 0.1) is 11.6 Å². The van der Waals surface area contributed by atoms with Gasteiger partial charge in [0.25, 0.3) is 0 Å². The van der Waals surface area contributed by atoms with Gasteiger partial charge in [0, 0.05) is 18.5 Å². The van der Waals surface area contributed by atoms with Crippen LogP contribution in [0.5, 0.6) is 0 Å². The van der Waals surface area contributed by atoms with Gasteiger partial charge in [-0.05, 0) is 51.9 Å². The van der Waals surface area contributed by atoms with Gasteiger partial charge >= 0.3 is 6.03 Å². The largest absolute Gasteiger partial charge is 0.390 e. The number of aliphatic imine (C=N–C) groups is 1. The molecule has 3 N–H and O–H groups in total. The topological polar surface area (TPSA) is 80.2 Å². The number of nitrogens with zero attached hydrogens (tertiary/aromatic N) is 3. The molecule has 3 aliphatic heterocycles. The number of carbonyl (C=O) groups is 1. The third-order valence-electron chi connectivity index (χ3n) is 7.18. The monoisotopic (exact) mass is 359 g/mol. The number of hydrogen-bond donors (Lipinski definition) is 3. The van der Waals surface area contributed by atoms with Crippen LogP contribution < -0.4 is 10.6 Å². The first-order chi connectivity index (χ1) is 12.5. The fourth-order valence-electron chi connectivity index (χ4n) is 5.46. The minimum atomic E-state index is -0.445. The Hall–Kier alpha value is -1.76. The molecule has 142 valence electrons. The van der Waals surface area contributed by atoms with E-state index in [4.69, 9.17) is 4.99 Å². The lowest BCUT2D eigenvalue weighted by molar-refractivity contribution is -0.0705. The summed E-state index contributed by atoms with van der Waals surface area (Å²) in [6, 6.07) is 0.229. The van der Waals surface area contributed by atoms with Crippen LogP contribution in [0.3, 0.4) is 0 Å². The molecular weight excluding hydrogens is 330 g/mol. The maximum atomic E-state index is 13.1. The van der Waals surface area contributed by atoms with E-state index in [1.807, 2.05) is 9.80 Å². The van der Waals surface area contributed by atoms with Gasteiger partial charge in [0.1, 0.15) is 17.4 Å². The summed E-state index contributed by atoms with van der Waals surface area (Å²) in [5.74, 6) is 1.96. The molecule has 26 heavy (non-hydrogen) atoms. The van der Waals surface area contributed by atoms with Crippen molar-refractivity contribution in [2.75, 3.05) is 13.1 Å². The van der Waals surface area contributed by atoms with Crippen LogP contribution in [0.2, 0.25) is 0 Å². The van der Waals surface area contributed by atoms with Gasteiger partial charge in [0.15, 0.2) is 6.17 Å². The molecule has 2 amide bonds. The highest BCUT2D eigenvalue weighted by atomic mass is 16.3. The molecule has 2 atom stereocenters.